The molecule has 0 spiro atoms. The molecule has 1 atom stereocenters. The van der Waals surface area contributed by atoms with Gasteiger partial charge < -0.3 is 15.4 Å². The average molecular weight is 244 g/mol. The van der Waals surface area contributed by atoms with Crippen molar-refractivity contribution in [3.8, 4) is 0 Å². The Kier molecular flexibility index (Phi) is 7.39. The number of nitrogens with two attached hydrogens (primary N) is 1. The number of rotatable bonds is 8. The summed E-state index contributed by atoms with van der Waals surface area (Å²) >= 11 is 0. The van der Waals surface area contributed by atoms with Crippen LogP contribution in [-0.2, 0) is 9.53 Å². The molecule has 0 aliphatic heterocycles. The van der Waals surface area contributed by atoms with Crippen molar-refractivity contribution in [2.75, 3.05) is 20.3 Å². The van der Waals surface area contributed by atoms with Crippen molar-refractivity contribution in [3.05, 3.63) is 0 Å². The van der Waals surface area contributed by atoms with Gasteiger partial charge in [0.25, 0.3) is 0 Å². The fraction of sp³-hybridized carbons (Fsp3) is 0.923. The van der Waals surface area contributed by atoms with Gasteiger partial charge in [-0.15, -0.1) is 0 Å². The molecule has 17 heavy (non-hydrogen) atoms. The van der Waals surface area contributed by atoms with E-state index in [4.69, 9.17) is 10.5 Å². The number of hydrogen-bond acceptors (Lipinski definition) is 3. The van der Waals surface area contributed by atoms with Crippen LogP contribution in [0.1, 0.15) is 47.0 Å². The maximum atomic E-state index is 12.1. The third kappa shape index (κ3) is 7.34. The van der Waals surface area contributed by atoms with E-state index in [-0.39, 0.29) is 17.5 Å². The maximum Gasteiger partial charge on any atom is 0.222 e. The Balaban J connectivity index is 4.32. The van der Waals surface area contributed by atoms with Crippen LogP contribution in [0.2, 0.25) is 0 Å². The Bertz CT molecular complexity index is 224. The first kappa shape index (κ1) is 16.4. The highest BCUT2D eigenvalue weighted by atomic mass is 16.5. The van der Waals surface area contributed by atoms with Crippen molar-refractivity contribution in [1.29, 1.82) is 0 Å². The van der Waals surface area contributed by atoms with Gasteiger partial charge in [0, 0.05) is 31.7 Å². The lowest BCUT2D eigenvalue weighted by Crippen LogP contribution is -2.42. The van der Waals surface area contributed by atoms with Gasteiger partial charge in [0.15, 0.2) is 0 Å². The summed E-state index contributed by atoms with van der Waals surface area (Å²) < 4.78 is 5.04. The van der Waals surface area contributed by atoms with Crippen molar-refractivity contribution >= 4 is 5.91 Å². The van der Waals surface area contributed by atoms with E-state index < -0.39 is 0 Å². The standard InChI is InChI=1S/C13H28N2O2/c1-6-11(2)15(9-10-17-5)12(16)7-8-13(3,4)14/h11H,6-10,14H2,1-5H3. The lowest BCUT2D eigenvalue weighted by atomic mass is 9.99. The van der Waals surface area contributed by atoms with Gasteiger partial charge in [-0.2, -0.15) is 0 Å². The van der Waals surface area contributed by atoms with Gasteiger partial charge in [0.2, 0.25) is 5.91 Å². The Morgan fingerprint density at radius 3 is 2.47 bits per heavy atom. The number of methoxy groups -OCH3 is 1. The summed E-state index contributed by atoms with van der Waals surface area (Å²) in [5.41, 5.74) is 5.62. The first-order chi connectivity index (χ1) is 7.81. The highest BCUT2D eigenvalue weighted by Gasteiger charge is 2.20. The third-order valence-corrected chi connectivity index (χ3v) is 2.96. The molecule has 0 aliphatic rings. The topological polar surface area (TPSA) is 55.6 Å². The molecule has 0 aromatic rings. The SMILES string of the molecule is CCC(C)N(CCOC)C(=O)CCC(C)(C)N. The van der Waals surface area contributed by atoms with Crippen LogP contribution in [0.4, 0.5) is 0 Å². The van der Waals surface area contributed by atoms with Gasteiger partial charge >= 0.3 is 0 Å². The number of carbonyl (C=O) groups excluding carboxylic acids is 1. The Morgan fingerprint density at radius 1 is 1.47 bits per heavy atom. The Hall–Kier alpha value is -0.610. The molecule has 2 N–H and O–H groups in total. The number of hydrogen-bond donors (Lipinski definition) is 1. The fourth-order valence-corrected chi connectivity index (χ4v) is 1.57. The molecule has 102 valence electrons. The zero-order valence-corrected chi connectivity index (χ0v) is 12.0. The predicted octanol–water partition coefficient (Wildman–Crippen LogP) is 1.78. The molecular formula is C13H28N2O2. The summed E-state index contributed by atoms with van der Waals surface area (Å²) in [6.07, 6.45) is 2.19. The van der Waals surface area contributed by atoms with E-state index in [9.17, 15) is 4.79 Å². The van der Waals surface area contributed by atoms with Crippen LogP contribution in [0.3, 0.4) is 0 Å². The zero-order valence-electron chi connectivity index (χ0n) is 12.0. The third-order valence-electron chi connectivity index (χ3n) is 2.96. The molecule has 0 heterocycles. The van der Waals surface area contributed by atoms with Crippen LogP contribution in [0.5, 0.6) is 0 Å². The van der Waals surface area contributed by atoms with Crippen LogP contribution in [0.15, 0.2) is 0 Å². The van der Waals surface area contributed by atoms with E-state index in [0.717, 1.165) is 6.42 Å². The van der Waals surface area contributed by atoms with Gasteiger partial charge in [-0.3, -0.25) is 4.79 Å². The summed E-state index contributed by atoms with van der Waals surface area (Å²) in [6.45, 7) is 9.30. The lowest BCUT2D eigenvalue weighted by molar-refractivity contribution is -0.134. The van der Waals surface area contributed by atoms with E-state index in [2.05, 4.69) is 13.8 Å². The predicted molar refractivity (Wildman–Crippen MR) is 70.8 cm³/mol. The fourth-order valence-electron chi connectivity index (χ4n) is 1.57. The van der Waals surface area contributed by atoms with Crippen LogP contribution < -0.4 is 5.73 Å². The van der Waals surface area contributed by atoms with E-state index >= 15 is 0 Å². The molecule has 0 saturated heterocycles. The van der Waals surface area contributed by atoms with E-state index in [1.165, 1.54) is 0 Å². The van der Waals surface area contributed by atoms with Crippen LogP contribution in [0.25, 0.3) is 0 Å². The second-order valence-electron chi connectivity index (χ2n) is 5.33. The molecule has 0 aromatic carbocycles. The van der Waals surface area contributed by atoms with Crippen LogP contribution >= 0.6 is 0 Å². The largest absolute Gasteiger partial charge is 0.383 e. The first-order valence-corrected chi connectivity index (χ1v) is 6.39. The normalized spacial score (nSPS) is 13.5. The van der Waals surface area contributed by atoms with Gasteiger partial charge in [-0.25, -0.2) is 0 Å². The first-order valence-electron chi connectivity index (χ1n) is 6.39. The molecule has 0 fully saturated rings. The summed E-state index contributed by atoms with van der Waals surface area (Å²) in [7, 11) is 1.66. The van der Waals surface area contributed by atoms with Gasteiger partial charge in [-0.05, 0) is 33.6 Å². The minimum atomic E-state index is -0.280. The smallest absolute Gasteiger partial charge is 0.222 e. The van der Waals surface area contributed by atoms with E-state index in [1.807, 2.05) is 18.7 Å². The van der Waals surface area contributed by atoms with Gasteiger partial charge in [0.1, 0.15) is 0 Å². The van der Waals surface area contributed by atoms with Crippen molar-refractivity contribution in [3.63, 3.8) is 0 Å². The zero-order chi connectivity index (χ0) is 13.5. The molecule has 1 unspecified atom stereocenters. The second-order valence-corrected chi connectivity index (χ2v) is 5.33. The van der Waals surface area contributed by atoms with Gasteiger partial charge in [0.05, 0.1) is 6.61 Å². The summed E-state index contributed by atoms with van der Waals surface area (Å²) in [6, 6.07) is 0.263. The van der Waals surface area contributed by atoms with Crippen molar-refractivity contribution in [1.82, 2.24) is 4.90 Å². The lowest BCUT2D eigenvalue weighted by Gasteiger charge is -2.29. The molecule has 0 rings (SSSR count). The minimum Gasteiger partial charge on any atom is -0.383 e. The molecular weight excluding hydrogens is 216 g/mol. The summed E-state index contributed by atoms with van der Waals surface area (Å²) in [5.74, 6) is 0.176. The molecule has 0 bridgehead atoms. The minimum absolute atomic E-state index is 0.176. The van der Waals surface area contributed by atoms with Crippen molar-refractivity contribution in [2.24, 2.45) is 5.73 Å². The average Bonchev–Trinajstić information content (AvgIpc) is 2.25. The van der Waals surface area contributed by atoms with Crippen LogP contribution in [0, 0.1) is 0 Å². The van der Waals surface area contributed by atoms with Crippen molar-refractivity contribution < 1.29 is 9.53 Å². The quantitative estimate of drug-likeness (QED) is 0.708. The molecule has 4 nitrogen and oxygen atoms in total. The number of nitrogens with zero attached hydrogens (tertiary/aromatic N) is 1. The summed E-state index contributed by atoms with van der Waals surface area (Å²) in [4.78, 5) is 14.0. The van der Waals surface area contributed by atoms with Crippen molar-refractivity contribution in [2.45, 2.75) is 58.5 Å². The van der Waals surface area contributed by atoms with E-state index in [1.54, 1.807) is 7.11 Å². The summed E-state index contributed by atoms with van der Waals surface area (Å²) in [5, 5.41) is 0. The second kappa shape index (κ2) is 7.67. The highest BCUT2D eigenvalue weighted by Crippen LogP contribution is 2.12. The highest BCUT2D eigenvalue weighted by molar-refractivity contribution is 5.76. The monoisotopic (exact) mass is 244 g/mol. The molecule has 0 radical (unpaired) electrons. The Labute approximate surface area is 105 Å². The number of carbonyl (C=O) groups is 1. The molecule has 0 saturated carbocycles. The van der Waals surface area contributed by atoms with E-state index in [0.29, 0.717) is 26.0 Å². The maximum absolute atomic E-state index is 12.1. The molecule has 1 amide bonds. The Morgan fingerprint density at radius 2 is 2.06 bits per heavy atom. The van der Waals surface area contributed by atoms with Gasteiger partial charge in [-0.1, -0.05) is 6.92 Å². The number of ether oxygens (including phenoxy) is 1. The molecule has 0 aromatic heterocycles. The molecule has 0 aliphatic carbocycles. The van der Waals surface area contributed by atoms with Crippen LogP contribution in [-0.4, -0.2) is 42.6 Å². The molecule has 4 heteroatoms. The number of amides is 1.